The number of rotatable bonds is 4. The van der Waals surface area contributed by atoms with Crippen molar-refractivity contribution in [1.29, 1.82) is 0 Å². The third-order valence-electron chi connectivity index (χ3n) is 3.54. The van der Waals surface area contributed by atoms with E-state index in [2.05, 4.69) is 4.74 Å². The lowest BCUT2D eigenvalue weighted by Crippen LogP contribution is -2.40. The molecule has 120 valence electrons. The molecule has 1 aliphatic rings. The quantitative estimate of drug-likeness (QED) is 0.926. The minimum absolute atomic E-state index is 0.123. The number of alkyl halides is 2. The van der Waals surface area contributed by atoms with Crippen molar-refractivity contribution in [2.75, 3.05) is 13.1 Å². The molecule has 1 saturated heterocycles. The third-order valence-corrected chi connectivity index (χ3v) is 3.54. The van der Waals surface area contributed by atoms with Gasteiger partial charge in [-0.2, -0.15) is 8.78 Å². The molecule has 0 radical (unpaired) electrons. The van der Waals surface area contributed by atoms with Crippen LogP contribution in [0.2, 0.25) is 0 Å². The summed E-state index contributed by atoms with van der Waals surface area (Å²) in [5, 5.41) is 8.90. The Hall–Kier alpha value is -2.25. The van der Waals surface area contributed by atoms with Crippen LogP contribution in [0.15, 0.2) is 18.2 Å². The molecule has 0 atom stereocenters. The normalized spacial score (nSPS) is 15.9. The van der Waals surface area contributed by atoms with Gasteiger partial charge in [-0.25, -0.2) is 4.39 Å². The second-order valence-electron chi connectivity index (χ2n) is 4.90. The van der Waals surface area contributed by atoms with Gasteiger partial charge in [-0.05, 0) is 25.0 Å². The van der Waals surface area contributed by atoms with E-state index in [1.807, 2.05) is 0 Å². The molecule has 1 fully saturated rings. The molecule has 0 spiro atoms. The Labute approximate surface area is 124 Å². The molecule has 1 N–H and O–H groups in total. The van der Waals surface area contributed by atoms with E-state index >= 15 is 0 Å². The number of nitrogens with zero attached hydrogens (tertiary/aromatic N) is 1. The second-order valence-corrected chi connectivity index (χ2v) is 4.90. The van der Waals surface area contributed by atoms with Gasteiger partial charge in [0.2, 0.25) is 0 Å². The summed E-state index contributed by atoms with van der Waals surface area (Å²) in [6.45, 7) is -2.93. The molecule has 1 aromatic rings. The van der Waals surface area contributed by atoms with Crippen molar-refractivity contribution >= 4 is 11.9 Å². The van der Waals surface area contributed by atoms with E-state index in [0.29, 0.717) is 0 Å². The van der Waals surface area contributed by atoms with Crippen molar-refractivity contribution in [3.8, 4) is 5.75 Å². The number of halogens is 3. The number of amides is 1. The number of hydrogen-bond donors (Lipinski definition) is 1. The maximum absolute atomic E-state index is 13.8. The number of aliphatic carboxylic acids is 1. The minimum Gasteiger partial charge on any atom is -0.481 e. The smallest absolute Gasteiger partial charge is 0.387 e. The number of likely N-dealkylation sites (tertiary alicyclic amines) is 1. The number of carbonyl (C=O) groups excluding carboxylic acids is 1. The molecule has 0 saturated carbocycles. The van der Waals surface area contributed by atoms with Crippen molar-refractivity contribution in [3.05, 3.63) is 29.6 Å². The minimum atomic E-state index is -3.17. The van der Waals surface area contributed by atoms with E-state index in [9.17, 15) is 22.8 Å². The molecule has 8 heteroatoms. The highest BCUT2D eigenvalue weighted by Gasteiger charge is 2.30. The lowest BCUT2D eigenvalue weighted by Gasteiger charge is -2.30. The van der Waals surface area contributed by atoms with Gasteiger partial charge in [0.05, 0.1) is 5.92 Å². The molecule has 22 heavy (non-hydrogen) atoms. The first-order valence-electron chi connectivity index (χ1n) is 6.65. The van der Waals surface area contributed by atoms with E-state index in [1.54, 1.807) is 0 Å². The highest BCUT2D eigenvalue weighted by atomic mass is 19.3. The zero-order valence-corrected chi connectivity index (χ0v) is 11.5. The first kappa shape index (κ1) is 16.1. The van der Waals surface area contributed by atoms with Crippen molar-refractivity contribution in [2.45, 2.75) is 19.5 Å². The predicted molar refractivity (Wildman–Crippen MR) is 69.3 cm³/mol. The zero-order chi connectivity index (χ0) is 16.3. The lowest BCUT2D eigenvalue weighted by atomic mass is 9.96. The van der Waals surface area contributed by atoms with Crippen LogP contribution in [0.3, 0.4) is 0 Å². The van der Waals surface area contributed by atoms with E-state index in [1.165, 1.54) is 11.0 Å². The van der Waals surface area contributed by atoms with Crippen molar-refractivity contribution in [3.63, 3.8) is 0 Å². The largest absolute Gasteiger partial charge is 0.481 e. The summed E-state index contributed by atoms with van der Waals surface area (Å²) in [4.78, 5) is 24.4. The van der Waals surface area contributed by atoms with Crippen LogP contribution in [0.4, 0.5) is 13.2 Å². The van der Waals surface area contributed by atoms with Crippen LogP contribution >= 0.6 is 0 Å². The number of carboxylic acids is 1. The third kappa shape index (κ3) is 3.49. The molecule has 1 heterocycles. The number of carboxylic acid groups (broad SMARTS) is 1. The van der Waals surface area contributed by atoms with Gasteiger partial charge in [-0.15, -0.1) is 0 Å². The van der Waals surface area contributed by atoms with Crippen LogP contribution in [0.1, 0.15) is 23.2 Å². The number of benzene rings is 1. The topological polar surface area (TPSA) is 66.8 Å². The van der Waals surface area contributed by atoms with Crippen LogP contribution in [0, 0.1) is 11.7 Å². The molecule has 0 aromatic heterocycles. The Morgan fingerprint density at radius 3 is 2.45 bits per heavy atom. The summed E-state index contributed by atoms with van der Waals surface area (Å²) in [5.74, 6) is -3.76. The molecule has 1 aromatic carbocycles. The van der Waals surface area contributed by atoms with Crippen molar-refractivity contribution in [2.24, 2.45) is 5.92 Å². The van der Waals surface area contributed by atoms with Gasteiger partial charge in [0.25, 0.3) is 5.91 Å². The van der Waals surface area contributed by atoms with Gasteiger partial charge in [0.15, 0.2) is 0 Å². The maximum Gasteiger partial charge on any atom is 0.387 e. The molecule has 1 aliphatic heterocycles. The lowest BCUT2D eigenvalue weighted by molar-refractivity contribution is -0.143. The summed E-state index contributed by atoms with van der Waals surface area (Å²) in [6.07, 6.45) is 0.473. The Morgan fingerprint density at radius 1 is 1.27 bits per heavy atom. The van der Waals surface area contributed by atoms with Gasteiger partial charge < -0.3 is 14.7 Å². The fourth-order valence-electron chi connectivity index (χ4n) is 2.39. The summed E-state index contributed by atoms with van der Waals surface area (Å²) in [6, 6.07) is 3.24. The molecule has 0 aliphatic carbocycles. The zero-order valence-electron chi connectivity index (χ0n) is 11.5. The van der Waals surface area contributed by atoms with E-state index in [0.717, 1.165) is 12.1 Å². The maximum atomic E-state index is 13.8. The number of ether oxygens (including phenoxy) is 1. The van der Waals surface area contributed by atoms with Gasteiger partial charge in [0, 0.05) is 13.1 Å². The van der Waals surface area contributed by atoms with Crippen molar-refractivity contribution in [1.82, 2.24) is 4.90 Å². The molecular formula is C14H14F3NO4. The van der Waals surface area contributed by atoms with Crippen LogP contribution < -0.4 is 4.74 Å². The average molecular weight is 317 g/mol. The predicted octanol–water partition coefficient (Wildman–Crippen LogP) is 2.36. The second kappa shape index (κ2) is 6.67. The SMILES string of the molecule is O=C(O)C1CCN(C(=O)c2c(F)cccc2OC(F)F)CC1. The highest BCUT2D eigenvalue weighted by molar-refractivity contribution is 5.97. The standard InChI is InChI=1S/C14H14F3NO4/c15-9-2-1-3-10(22-14(16)17)11(9)12(19)18-6-4-8(5-7-18)13(20)21/h1-3,8,14H,4-7H2,(H,20,21). The number of hydrogen-bond acceptors (Lipinski definition) is 3. The summed E-state index contributed by atoms with van der Waals surface area (Å²) in [5.41, 5.74) is -0.559. The van der Waals surface area contributed by atoms with Gasteiger partial charge in [0.1, 0.15) is 17.1 Å². The fraction of sp³-hybridized carbons (Fsp3) is 0.429. The van der Waals surface area contributed by atoms with Crippen LogP contribution in [-0.4, -0.2) is 41.6 Å². The molecule has 0 bridgehead atoms. The Kier molecular flexibility index (Phi) is 4.89. The van der Waals surface area contributed by atoms with E-state index < -0.39 is 41.5 Å². The Bertz CT molecular complexity index is 571. The van der Waals surface area contributed by atoms with E-state index in [4.69, 9.17) is 5.11 Å². The van der Waals surface area contributed by atoms with Crippen LogP contribution in [0.5, 0.6) is 5.75 Å². The van der Waals surface area contributed by atoms with Gasteiger partial charge in [-0.3, -0.25) is 9.59 Å². The summed E-state index contributed by atoms with van der Waals surface area (Å²) >= 11 is 0. The number of carbonyl (C=O) groups is 2. The van der Waals surface area contributed by atoms with E-state index in [-0.39, 0.29) is 25.9 Å². The van der Waals surface area contributed by atoms with Gasteiger partial charge >= 0.3 is 12.6 Å². The molecule has 5 nitrogen and oxygen atoms in total. The number of piperidine rings is 1. The Morgan fingerprint density at radius 2 is 1.91 bits per heavy atom. The molecule has 1 amide bonds. The van der Waals surface area contributed by atoms with Crippen molar-refractivity contribution < 1.29 is 32.6 Å². The summed E-state index contributed by atoms with van der Waals surface area (Å²) < 4.78 is 42.7. The highest BCUT2D eigenvalue weighted by Crippen LogP contribution is 2.27. The molecule has 2 rings (SSSR count). The Balaban J connectivity index is 2.18. The summed E-state index contributed by atoms with van der Waals surface area (Å²) in [7, 11) is 0. The van der Waals surface area contributed by atoms with Gasteiger partial charge in [-0.1, -0.05) is 6.07 Å². The first-order valence-corrected chi connectivity index (χ1v) is 6.65. The fourth-order valence-corrected chi connectivity index (χ4v) is 2.39. The molecular weight excluding hydrogens is 303 g/mol. The van der Waals surface area contributed by atoms with Crippen LogP contribution in [0.25, 0.3) is 0 Å². The monoisotopic (exact) mass is 317 g/mol. The average Bonchev–Trinajstić information content (AvgIpc) is 2.46. The molecule has 0 unspecified atom stereocenters. The first-order chi connectivity index (χ1) is 10.4. The van der Waals surface area contributed by atoms with Crippen LogP contribution in [-0.2, 0) is 4.79 Å².